The highest BCUT2D eigenvalue weighted by Gasteiger charge is 2.32. The first-order chi connectivity index (χ1) is 12.7. The molecule has 0 aromatic carbocycles. The lowest BCUT2D eigenvalue weighted by atomic mass is 10.3. The van der Waals surface area contributed by atoms with Gasteiger partial charge in [0.15, 0.2) is 0 Å². The fraction of sp³-hybridized carbons (Fsp3) is 0.562. The molecule has 0 unspecified atom stereocenters. The zero-order valence-electron chi connectivity index (χ0n) is 15.4. The second-order valence-electron chi connectivity index (χ2n) is 6.58. The number of fused-ring (bicyclic) bond motifs is 1. The molecule has 27 heavy (non-hydrogen) atoms. The van der Waals surface area contributed by atoms with Crippen molar-refractivity contribution >= 4 is 37.5 Å². The number of morpholine rings is 1. The molecule has 1 N–H and O–H groups in total. The number of carbonyl (C=O) groups excluding carboxylic acids is 1. The maximum Gasteiger partial charge on any atom is 0.263 e. The fourth-order valence-electron chi connectivity index (χ4n) is 2.97. The average molecular weight is 415 g/mol. The predicted molar refractivity (Wildman–Crippen MR) is 101 cm³/mol. The Morgan fingerprint density at radius 1 is 1.37 bits per heavy atom. The summed E-state index contributed by atoms with van der Waals surface area (Å²) in [5.41, 5.74) is -0.532. The first-order valence-electron chi connectivity index (χ1n) is 8.57. The summed E-state index contributed by atoms with van der Waals surface area (Å²) in [6.45, 7) is 6.20. The number of thiophene rings is 1. The minimum Gasteiger partial charge on any atom is -0.379 e. The Bertz CT molecular complexity index is 1020. The summed E-state index contributed by atoms with van der Waals surface area (Å²) in [4.78, 5) is 30.0. The van der Waals surface area contributed by atoms with Gasteiger partial charge in [0.2, 0.25) is 15.9 Å². The summed E-state index contributed by atoms with van der Waals surface area (Å²) in [5.74, 6) is -0.335. The molecule has 1 aliphatic rings. The summed E-state index contributed by atoms with van der Waals surface area (Å²) in [6, 6.07) is -0.0643. The third kappa shape index (κ3) is 3.91. The van der Waals surface area contributed by atoms with Crippen molar-refractivity contribution in [1.82, 2.24) is 19.2 Å². The second kappa shape index (κ2) is 7.66. The largest absolute Gasteiger partial charge is 0.379 e. The highest BCUT2D eigenvalue weighted by molar-refractivity contribution is 7.89. The number of rotatable bonds is 5. The molecule has 0 radical (unpaired) electrons. The number of carbonyl (C=O) groups is 1. The van der Waals surface area contributed by atoms with Crippen LogP contribution in [0.15, 0.2) is 16.0 Å². The number of sulfonamides is 1. The molecule has 1 aliphatic heterocycles. The van der Waals surface area contributed by atoms with Crippen LogP contribution in [0.2, 0.25) is 0 Å². The molecule has 0 spiro atoms. The predicted octanol–water partition coefficient (Wildman–Crippen LogP) is 0.312. The van der Waals surface area contributed by atoms with Gasteiger partial charge in [-0.3, -0.25) is 14.2 Å². The van der Waals surface area contributed by atoms with Crippen LogP contribution in [0.25, 0.3) is 10.2 Å². The van der Waals surface area contributed by atoms with Crippen molar-refractivity contribution in [1.29, 1.82) is 0 Å². The Morgan fingerprint density at radius 2 is 2.04 bits per heavy atom. The van der Waals surface area contributed by atoms with E-state index < -0.39 is 15.6 Å². The van der Waals surface area contributed by atoms with E-state index in [0.29, 0.717) is 22.9 Å². The average Bonchev–Trinajstić information content (AvgIpc) is 2.95. The van der Waals surface area contributed by atoms with Crippen molar-refractivity contribution in [2.24, 2.45) is 0 Å². The van der Waals surface area contributed by atoms with Gasteiger partial charge in [-0.15, -0.1) is 11.3 Å². The van der Waals surface area contributed by atoms with Crippen LogP contribution in [-0.4, -0.2) is 60.5 Å². The lowest BCUT2D eigenvalue weighted by molar-refractivity contribution is -0.122. The third-order valence-electron chi connectivity index (χ3n) is 4.13. The van der Waals surface area contributed by atoms with Crippen LogP contribution >= 0.6 is 11.3 Å². The molecule has 3 rings (SSSR count). The minimum atomic E-state index is -3.85. The van der Waals surface area contributed by atoms with E-state index in [0.717, 1.165) is 15.9 Å². The second-order valence-corrected chi connectivity index (χ2v) is 9.66. The van der Waals surface area contributed by atoms with E-state index in [2.05, 4.69) is 10.3 Å². The van der Waals surface area contributed by atoms with Crippen molar-refractivity contribution in [3.05, 3.63) is 21.6 Å². The van der Waals surface area contributed by atoms with Gasteiger partial charge < -0.3 is 10.1 Å². The Kier molecular flexibility index (Phi) is 5.65. The molecular formula is C16H22N4O5S2. The molecular weight excluding hydrogens is 392 g/mol. The zero-order chi connectivity index (χ0) is 19.8. The molecule has 2 aromatic rings. The molecule has 11 heteroatoms. The number of aromatic nitrogens is 2. The highest BCUT2D eigenvalue weighted by Crippen LogP contribution is 2.33. The van der Waals surface area contributed by atoms with Gasteiger partial charge in [-0.05, 0) is 20.8 Å². The molecule has 0 atom stereocenters. The Balaban J connectivity index is 2.08. The van der Waals surface area contributed by atoms with Gasteiger partial charge in [0, 0.05) is 24.0 Å². The SMILES string of the molecule is Cc1sc2ncn(CC(=O)NC(C)C)c(=O)c2c1S(=O)(=O)N1CCOCC1. The summed E-state index contributed by atoms with van der Waals surface area (Å²) in [6.07, 6.45) is 1.28. The fourth-order valence-corrected chi connectivity index (χ4v) is 6.05. The molecule has 0 aliphatic carbocycles. The molecule has 0 bridgehead atoms. The monoisotopic (exact) mass is 414 g/mol. The summed E-state index contributed by atoms with van der Waals surface area (Å²) >= 11 is 1.16. The lowest BCUT2D eigenvalue weighted by Crippen LogP contribution is -2.41. The number of hydrogen-bond donors (Lipinski definition) is 1. The van der Waals surface area contributed by atoms with Crippen molar-refractivity contribution in [3.8, 4) is 0 Å². The van der Waals surface area contributed by atoms with E-state index in [1.165, 1.54) is 10.6 Å². The van der Waals surface area contributed by atoms with Crippen LogP contribution in [0, 0.1) is 6.92 Å². The van der Waals surface area contributed by atoms with Crippen LogP contribution in [0.5, 0.6) is 0 Å². The van der Waals surface area contributed by atoms with Crippen molar-refractivity contribution < 1.29 is 17.9 Å². The van der Waals surface area contributed by atoms with E-state index in [9.17, 15) is 18.0 Å². The number of nitrogens with zero attached hydrogens (tertiary/aromatic N) is 3. The topological polar surface area (TPSA) is 111 Å². The van der Waals surface area contributed by atoms with Crippen molar-refractivity contribution in [2.75, 3.05) is 26.3 Å². The number of hydrogen-bond acceptors (Lipinski definition) is 7. The summed E-state index contributed by atoms with van der Waals surface area (Å²) in [5, 5.41) is 2.75. The molecule has 9 nitrogen and oxygen atoms in total. The summed E-state index contributed by atoms with van der Waals surface area (Å²) < 4.78 is 34.0. The molecule has 2 aromatic heterocycles. The summed E-state index contributed by atoms with van der Waals surface area (Å²) in [7, 11) is -3.85. The quantitative estimate of drug-likeness (QED) is 0.754. The Morgan fingerprint density at radius 3 is 2.67 bits per heavy atom. The number of aryl methyl sites for hydroxylation is 1. The van der Waals surface area contributed by atoms with Crippen LogP contribution in [0.4, 0.5) is 0 Å². The normalized spacial score (nSPS) is 16.1. The van der Waals surface area contributed by atoms with Gasteiger partial charge in [-0.2, -0.15) is 4.31 Å². The van der Waals surface area contributed by atoms with Crippen molar-refractivity contribution in [3.63, 3.8) is 0 Å². The molecule has 1 fully saturated rings. The van der Waals surface area contributed by atoms with Gasteiger partial charge >= 0.3 is 0 Å². The van der Waals surface area contributed by atoms with Crippen molar-refractivity contribution in [2.45, 2.75) is 38.3 Å². The third-order valence-corrected chi connectivity index (χ3v) is 7.34. The molecule has 1 saturated heterocycles. The van der Waals surface area contributed by atoms with Crippen LogP contribution in [0.1, 0.15) is 18.7 Å². The van der Waals surface area contributed by atoms with Gasteiger partial charge in [0.1, 0.15) is 16.3 Å². The van der Waals surface area contributed by atoms with Crippen LogP contribution in [0.3, 0.4) is 0 Å². The van der Waals surface area contributed by atoms with Gasteiger partial charge in [0.25, 0.3) is 5.56 Å². The number of nitrogens with one attached hydrogen (secondary N) is 1. The molecule has 3 heterocycles. The Hall–Kier alpha value is -1.82. The minimum absolute atomic E-state index is 0.0134. The highest BCUT2D eigenvalue weighted by atomic mass is 32.2. The van der Waals surface area contributed by atoms with Gasteiger partial charge in [-0.1, -0.05) is 0 Å². The van der Waals surface area contributed by atoms with E-state index in [-0.39, 0.29) is 41.9 Å². The first-order valence-corrected chi connectivity index (χ1v) is 10.8. The first kappa shape index (κ1) is 19.9. The smallest absolute Gasteiger partial charge is 0.263 e. The number of amides is 1. The maximum atomic E-state index is 13.1. The van der Waals surface area contributed by atoms with Gasteiger partial charge in [0.05, 0.1) is 24.9 Å². The van der Waals surface area contributed by atoms with E-state index >= 15 is 0 Å². The number of ether oxygens (including phenoxy) is 1. The van der Waals surface area contributed by atoms with Crippen LogP contribution in [-0.2, 0) is 26.1 Å². The molecule has 0 saturated carbocycles. The molecule has 1 amide bonds. The van der Waals surface area contributed by atoms with E-state index in [1.807, 2.05) is 13.8 Å². The zero-order valence-corrected chi connectivity index (χ0v) is 17.0. The maximum absolute atomic E-state index is 13.1. The van der Waals surface area contributed by atoms with Gasteiger partial charge in [-0.25, -0.2) is 13.4 Å². The van der Waals surface area contributed by atoms with Crippen LogP contribution < -0.4 is 10.9 Å². The lowest BCUT2D eigenvalue weighted by Gasteiger charge is -2.26. The Labute approximate surface area is 161 Å². The molecule has 148 valence electrons. The van der Waals surface area contributed by atoms with E-state index in [4.69, 9.17) is 4.74 Å². The van der Waals surface area contributed by atoms with E-state index in [1.54, 1.807) is 6.92 Å². The standard InChI is InChI=1S/C16H22N4O5S2/c1-10(2)18-12(21)8-19-9-17-15-13(16(19)22)14(11(3)26-15)27(23,24)20-4-6-25-7-5-20/h9-10H,4-8H2,1-3H3,(H,18,21).